The van der Waals surface area contributed by atoms with E-state index in [-0.39, 0.29) is 5.82 Å². The fourth-order valence-electron chi connectivity index (χ4n) is 1.03. The van der Waals surface area contributed by atoms with Gasteiger partial charge in [-0.3, -0.25) is 0 Å². The molecule has 0 saturated carbocycles. The van der Waals surface area contributed by atoms with Crippen molar-refractivity contribution in [1.82, 2.24) is 0 Å². The summed E-state index contributed by atoms with van der Waals surface area (Å²) in [6.45, 7) is 1.63. The van der Waals surface area contributed by atoms with Gasteiger partial charge in [-0.15, -0.1) is 11.8 Å². The average Bonchev–Trinajstić information content (AvgIpc) is 2.04. The Kier molecular flexibility index (Phi) is 3.12. The van der Waals surface area contributed by atoms with Crippen molar-refractivity contribution in [2.75, 3.05) is 6.26 Å². The molecule has 0 aliphatic rings. The van der Waals surface area contributed by atoms with E-state index >= 15 is 0 Å². The molecule has 1 atom stereocenters. The minimum atomic E-state index is -0.608. The molecule has 0 bridgehead atoms. The van der Waals surface area contributed by atoms with Gasteiger partial charge in [-0.25, -0.2) is 4.39 Å². The standard InChI is InChI=1S/C9H11FOS/c1-6(11)8-5-7(10)3-4-9(8)12-2/h3-6,11H,1-2H3/t6-/m0/s1. The van der Waals surface area contributed by atoms with Crippen molar-refractivity contribution in [2.24, 2.45) is 0 Å². The summed E-state index contributed by atoms with van der Waals surface area (Å²) >= 11 is 1.51. The number of thioether (sulfide) groups is 1. The van der Waals surface area contributed by atoms with Crippen LogP contribution in [-0.2, 0) is 0 Å². The Morgan fingerprint density at radius 1 is 1.50 bits per heavy atom. The largest absolute Gasteiger partial charge is 0.389 e. The molecule has 0 aromatic heterocycles. The molecule has 1 aromatic carbocycles. The van der Waals surface area contributed by atoms with Crippen LogP contribution in [0, 0.1) is 5.82 Å². The molecule has 1 aromatic rings. The number of hydrogen-bond donors (Lipinski definition) is 1. The smallest absolute Gasteiger partial charge is 0.123 e. The monoisotopic (exact) mass is 186 g/mol. The highest BCUT2D eigenvalue weighted by molar-refractivity contribution is 7.98. The second-order valence-electron chi connectivity index (χ2n) is 2.56. The summed E-state index contributed by atoms with van der Waals surface area (Å²) < 4.78 is 12.7. The summed E-state index contributed by atoms with van der Waals surface area (Å²) in [5.74, 6) is -0.302. The van der Waals surface area contributed by atoms with Gasteiger partial charge in [0.2, 0.25) is 0 Å². The van der Waals surface area contributed by atoms with Crippen molar-refractivity contribution in [3.05, 3.63) is 29.6 Å². The van der Waals surface area contributed by atoms with Crippen molar-refractivity contribution in [3.63, 3.8) is 0 Å². The number of aliphatic hydroxyl groups excluding tert-OH is 1. The highest BCUT2D eigenvalue weighted by Gasteiger charge is 2.07. The highest BCUT2D eigenvalue weighted by atomic mass is 32.2. The summed E-state index contributed by atoms with van der Waals surface area (Å²) in [4.78, 5) is 0.923. The lowest BCUT2D eigenvalue weighted by atomic mass is 10.1. The lowest BCUT2D eigenvalue weighted by Gasteiger charge is -2.09. The predicted octanol–water partition coefficient (Wildman–Crippen LogP) is 2.60. The number of benzene rings is 1. The van der Waals surface area contributed by atoms with Crippen LogP contribution in [0.1, 0.15) is 18.6 Å². The van der Waals surface area contributed by atoms with E-state index in [1.165, 1.54) is 23.9 Å². The number of rotatable bonds is 2. The van der Waals surface area contributed by atoms with E-state index in [1.807, 2.05) is 6.26 Å². The van der Waals surface area contributed by atoms with Gasteiger partial charge in [0.1, 0.15) is 5.82 Å². The fourth-order valence-corrected chi connectivity index (χ4v) is 1.70. The Hall–Kier alpha value is -0.540. The van der Waals surface area contributed by atoms with Crippen LogP contribution in [0.4, 0.5) is 4.39 Å². The Bertz CT molecular complexity index is 273. The van der Waals surface area contributed by atoms with Gasteiger partial charge in [-0.1, -0.05) is 0 Å². The van der Waals surface area contributed by atoms with E-state index in [2.05, 4.69) is 0 Å². The first-order chi connectivity index (χ1) is 5.65. The lowest BCUT2D eigenvalue weighted by molar-refractivity contribution is 0.196. The van der Waals surface area contributed by atoms with Crippen LogP contribution in [0.15, 0.2) is 23.1 Å². The van der Waals surface area contributed by atoms with Gasteiger partial charge >= 0.3 is 0 Å². The molecule has 1 nitrogen and oxygen atoms in total. The first-order valence-corrected chi connectivity index (χ1v) is 4.89. The van der Waals surface area contributed by atoms with Crippen LogP contribution in [0.2, 0.25) is 0 Å². The Balaban J connectivity index is 3.12. The van der Waals surface area contributed by atoms with Gasteiger partial charge in [0.25, 0.3) is 0 Å². The first-order valence-electron chi connectivity index (χ1n) is 3.66. The van der Waals surface area contributed by atoms with Crippen LogP contribution in [-0.4, -0.2) is 11.4 Å². The number of halogens is 1. The fraction of sp³-hybridized carbons (Fsp3) is 0.333. The van der Waals surface area contributed by atoms with Crippen LogP contribution >= 0.6 is 11.8 Å². The molecular weight excluding hydrogens is 175 g/mol. The second-order valence-corrected chi connectivity index (χ2v) is 3.41. The quantitative estimate of drug-likeness (QED) is 0.716. The summed E-state index contributed by atoms with van der Waals surface area (Å²) in [5, 5.41) is 9.28. The van der Waals surface area contributed by atoms with E-state index in [0.717, 1.165) is 4.90 Å². The molecule has 0 amide bonds. The van der Waals surface area contributed by atoms with Crippen LogP contribution < -0.4 is 0 Å². The topological polar surface area (TPSA) is 20.2 Å². The van der Waals surface area contributed by atoms with Crippen LogP contribution in [0.25, 0.3) is 0 Å². The molecule has 0 radical (unpaired) electrons. The van der Waals surface area contributed by atoms with Crippen molar-refractivity contribution < 1.29 is 9.50 Å². The molecule has 3 heteroatoms. The Morgan fingerprint density at radius 3 is 2.67 bits per heavy atom. The minimum absolute atomic E-state index is 0.302. The zero-order valence-corrected chi connectivity index (χ0v) is 7.86. The summed E-state index contributed by atoms with van der Waals surface area (Å²) in [6.07, 6.45) is 1.29. The first kappa shape index (κ1) is 9.55. The number of hydrogen-bond acceptors (Lipinski definition) is 2. The summed E-state index contributed by atoms with van der Waals surface area (Å²) in [7, 11) is 0. The van der Waals surface area contributed by atoms with Crippen LogP contribution in [0.3, 0.4) is 0 Å². The van der Waals surface area contributed by atoms with Gasteiger partial charge in [-0.05, 0) is 36.9 Å². The average molecular weight is 186 g/mol. The highest BCUT2D eigenvalue weighted by Crippen LogP contribution is 2.26. The Labute approximate surface area is 75.6 Å². The van der Waals surface area contributed by atoms with E-state index in [0.29, 0.717) is 5.56 Å². The molecule has 0 saturated heterocycles. The summed E-state index contributed by atoms with van der Waals surface area (Å²) in [5.41, 5.74) is 0.655. The third-order valence-corrected chi connectivity index (χ3v) is 2.45. The normalized spacial score (nSPS) is 13.0. The van der Waals surface area contributed by atoms with E-state index in [1.54, 1.807) is 13.0 Å². The molecule has 0 aliphatic heterocycles. The number of aliphatic hydroxyl groups is 1. The van der Waals surface area contributed by atoms with E-state index in [4.69, 9.17) is 0 Å². The van der Waals surface area contributed by atoms with Crippen molar-refractivity contribution in [3.8, 4) is 0 Å². The van der Waals surface area contributed by atoms with Gasteiger partial charge < -0.3 is 5.11 Å². The molecule has 0 aliphatic carbocycles. The predicted molar refractivity (Wildman–Crippen MR) is 48.8 cm³/mol. The van der Waals surface area contributed by atoms with Gasteiger partial charge in [-0.2, -0.15) is 0 Å². The van der Waals surface area contributed by atoms with Crippen molar-refractivity contribution in [1.29, 1.82) is 0 Å². The van der Waals surface area contributed by atoms with Gasteiger partial charge in [0.05, 0.1) is 6.10 Å². The molecule has 1 rings (SSSR count). The maximum atomic E-state index is 12.7. The lowest BCUT2D eigenvalue weighted by Crippen LogP contribution is -1.94. The Morgan fingerprint density at radius 2 is 2.17 bits per heavy atom. The molecule has 66 valence electrons. The third-order valence-electron chi connectivity index (χ3n) is 1.64. The summed E-state index contributed by atoms with van der Waals surface area (Å²) in [6, 6.07) is 4.45. The van der Waals surface area contributed by atoms with E-state index < -0.39 is 6.10 Å². The second kappa shape index (κ2) is 3.92. The molecule has 0 fully saturated rings. The van der Waals surface area contributed by atoms with E-state index in [9.17, 15) is 9.50 Å². The molecule has 0 heterocycles. The maximum Gasteiger partial charge on any atom is 0.123 e. The molecular formula is C9H11FOS. The van der Waals surface area contributed by atoms with Gasteiger partial charge in [0.15, 0.2) is 0 Å². The van der Waals surface area contributed by atoms with Crippen molar-refractivity contribution >= 4 is 11.8 Å². The maximum absolute atomic E-state index is 12.7. The zero-order chi connectivity index (χ0) is 9.14. The zero-order valence-electron chi connectivity index (χ0n) is 7.04. The molecule has 12 heavy (non-hydrogen) atoms. The van der Waals surface area contributed by atoms with Gasteiger partial charge in [0, 0.05) is 4.90 Å². The molecule has 0 unspecified atom stereocenters. The molecule has 1 N–H and O–H groups in total. The SMILES string of the molecule is CSc1ccc(F)cc1[C@H](C)O. The van der Waals surface area contributed by atoms with Crippen LogP contribution in [0.5, 0.6) is 0 Å². The molecule has 0 spiro atoms. The third kappa shape index (κ3) is 1.99. The minimum Gasteiger partial charge on any atom is -0.389 e. The van der Waals surface area contributed by atoms with Crippen molar-refractivity contribution in [2.45, 2.75) is 17.9 Å².